The van der Waals surface area contributed by atoms with Crippen molar-refractivity contribution in [2.45, 2.75) is 40.0 Å². The Kier molecular flexibility index (Phi) is 5.44. The minimum Gasteiger partial charge on any atom is -0.339 e. The Bertz CT molecular complexity index is 1230. The number of Topliss-reactive ketones (excluding diaryl/α,β-unsaturated/α-hetero) is 1. The third kappa shape index (κ3) is 3.58. The lowest BCUT2D eigenvalue weighted by Crippen LogP contribution is -2.53. The minimum atomic E-state index is -3.54. The molecule has 10 heteroatoms. The van der Waals surface area contributed by atoms with Crippen molar-refractivity contribution in [1.29, 1.82) is 0 Å². The highest BCUT2D eigenvalue weighted by atomic mass is 32.2. The number of amides is 1. The number of sulfonamides is 1. The summed E-state index contributed by atoms with van der Waals surface area (Å²) in [5.41, 5.74) is 0.219. The van der Waals surface area contributed by atoms with Crippen LogP contribution in [-0.2, 0) is 14.8 Å². The van der Waals surface area contributed by atoms with Crippen molar-refractivity contribution in [3.63, 3.8) is 0 Å². The number of carbonyl (C=O) groups excluding carboxylic acids is 2. The summed E-state index contributed by atoms with van der Waals surface area (Å²) in [5, 5.41) is 3.88. The Balaban J connectivity index is 1.22. The number of aromatic nitrogens is 2. The Morgan fingerprint density at radius 1 is 1.15 bits per heavy atom. The largest absolute Gasteiger partial charge is 0.339 e. The third-order valence-corrected chi connectivity index (χ3v) is 10.6. The van der Waals surface area contributed by atoms with E-state index in [1.807, 2.05) is 13.8 Å². The quantitative estimate of drug-likeness (QED) is 0.638. The second-order valence-corrected chi connectivity index (χ2v) is 12.2. The fourth-order valence-electron chi connectivity index (χ4n) is 6.03. The number of carbonyl (C=O) groups is 2. The molecular weight excluding hydrogens is 456 g/mol. The topological polar surface area (TPSA) is 114 Å². The number of nitrogens with zero attached hydrogens (tertiary/aromatic N) is 4. The zero-order valence-electron chi connectivity index (χ0n) is 19.8. The van der Waals surface area contributed by atoms with Gasteiger partial charge in [0.25, 0.3) is 5.91 Å². The van der Waals surface area contributed by atoms with Crippen LogP contribution in [0.4, 0.5) is 0 Å². The molecule has 182 valence electrons. The normalized spacial score (nSPS) is 29.7. The summed E-state index contributed by atoms with van der Waals surface area (Å²) in [7, 11) is -3.54. The van der Waals surface area contributed by atoms with E-state index in [-0.39, 0.29) is 36.5 Å². The van der Waals surface area contributed by atoms with E-state index >= 15 is 0 Å². The molecule has 0 N–H and O–H groups in total. The lowest BCUT2D eigenvalue weighted by atomic mass is 9.70. The van der Waals surface area contributed by atoms with Crippen molar-refractivity contribution in [2.24, 2.45) is 16.7 Å². The second kappa shape index (κ2) is 7.98. The van der Waals surface area contributed by atoms with Gasteiger partial charge in [0.05, 0.1) is 5.75 Å². The Morgan fingerprint density at radius 2 is 1.82 bits per heavy atom. The maximum Gasteiger partial charge on any atom is 0.253 e. The Labute approximate surface area is 199 Å². The molecule has 9 nitrogen and oxygen atoms in total. The fourth-order valence-corrected chi connectivity index (χ4v) is 8.24. The van der Waals surface area contributed by atoms with Gasteiger partial charge in [-0.25, -0.2) is 8.42 Å². The number of benzene rings is 1. The molecule has 1 aliphatic heterocycles. The Hall–Kier alpha value is -2.59. The Morgan fingerprint density at radius 3 is 2.35 bits per heavy atom. The van der Waals surface area contributed by atoms with Crippen molar-refractivity contribution in [3.05, 3.63) is 35.7 Å². The first-order valence-electron chi connectivity index (χ1n) is 11.7. The van der Waals surface area contributed by atoms with Gasteiger partial charge < -0.3 is 9.42 Å². The van der Waals surface area contributed by atoms with Gasteiger partial charge in [-0.1, -0.05) is 31.1 Å². The van der Waals surface area contributed by atoms with E-state index in [0.717, 1.165) is 18.4 Å². The summed E-state index contributed by atoms with van der Waals surface area (Å²) in [6, 6.07) is 7.00. The minimum absolute atomic E-state index is 0.00211. The summed E-state index contributed by atoms with van der Waals surface area (Å²) < 4.78 is 33.1. The van der Waals surface area contributed by atoms with Gasteiger partial charge >= 0.3 is 0 Å². The molecule has 3 aliphatic rings. The van der Waals surface area contributed by atoms with Crippen LogP contribution in [0, 0.1) is 23.7 Å². The summed E-state index contributed by atoms with van der Waals surface area (Å²) in [6.07, 6.45) is 2.19. The maximum atomic E-state index is 13.3. The summed E-state index contributed by atoms with van der Waals surface area (Å²) in [6.45, 7) is 6.83. The van der Waals surface area contributed by atoms with Crippen LogP contribution in [-0.4, -0.2) is 71.4 Å². The first-order valence-corrected chi connectivity index (χ1v) is 13.4. The van der Waals surface area contributed by atoms with Crippen molar-refractivity contribution in [3.8, 4) is 11.4 Å². The molecule has 3 fully saturated rings. The zero-order chi connectivity index (χ0) is 24.3. The lowest BCUT2D eigenvalue weighted by molar-refractivity contribution is -0.128. The highest BCUT2D eigenvalue weighted by molar-refractivity contribution is 7.89. The summed E-state index contributed by atoms with van der Waals surface area (Å²) in [5.74, 6) is 1.15. The molecule has 2 aliphatic carbocycles. The van der Waals surface area contributed by atoms with Gasteiger partial charge in [0, 0.05) is 56.1 Å². The molecule has 2 bridgehead atoms. The van der Waals surface area contributed by atoms with Crippen molar-refractivity contribution in [2.75, 3.05) is 31.9 Å². The molecule has 34 heavy (non-hydrogen) atoms. The van der Waals surface area contributed by atoms with Gasteiger partial charge in [-0.3, -0.25) is 9.59 Å². The number of rotatable bonds is 5. The predicted octanol–water partition coefficient (Wildman–Crippen LogP) is 2.53. The van der Waals surface area contributed by atoms with Gasteiger partial charge in [-0.15, -0.1) is 0 Å². The van der Waals surface area contributed by atoms with Gasteiger partial charge in [-0.05, 0) is 36.3 Å². The molecule has 1 aromatic carbocycles. The van der Waals surface area contributed by atoms with E-state index in [4.69, 9.17) is 4.52 Å². The number of aryl methyl sites for hydroxylation is 1. The fraction of sp³-hybridized carbons (Fsp3) is 0.583. The van der Waals surface area contributed by atoms with Crippen molar-refractivity contribution < 1.29 is 22.5 Å². The summed E-state index contributed by atoms with van der Waals surface area (Å²) in [4.78, 5) is 31.4. The molecule has 2 saturated carbocycles. The van der Waals surface area contributed by atoms with Gasteiger partial charge in [0.15, 0.2) is 0 Å². The van der Waals surface area contributed by atoms with Crippen LogP contribution in [0.5, 0.6) is 0 Å². The van der Waals surface area contributed by atoms with Crippen molar-refractivity contribution in [1.82, 2.24) is 19.3 Å². The van der Waals surface area contributed by atoms with E-state index in [2.05, 4.69) is 10.1 Å². The molecule has 5 rings (SSSR count). The summed E-state index contributed by atoms with van der Waals surface area (Å²) >= 11 is 0. The van der Waals surface area contributed by atoms with Crippen LogP contribution in [0.25, 0.3) is 11.4 Å². The van der Waals surface area contributed by atoms with E-state index in [1.165, 1.54) is 4.31 Å². The predicted molar refractivity (Wildman–Crippen MR) is 124 cm³/mol. The number of hydrogen-bond donors (Lipinski definition) is 0. The van der Waals surface area contributed by atoms with Crippen LogP contribution in [0.2, 0.25) is 0 Å². The molecule has 2 aromatic rings. The van der Waals surface area contributed by atoms with Crippen LogP contribution in [0.1, 0.15) is 49.4 Å². The van der Waals surface area contributed by atoms with Gasteiger partial charge in [0.1, 0.15) is 5.78 Å². The number of ketones is 1. The third-order valence-electron chi connectivity index (χ3n) is 8.52. The van der Waals surface area contributed by atoms with E-state index in [9.17, 15) is 18.0 Å². The van der Waals surface area contributed by atoms with Crippen LogP contribution < -0.4 is 0 Å². The standard InChI is InChI=1S/C24H30N4O5S/c1-16-25-21(26-33-16)17-4-6-18(7-5-17)22(30)27-10-12-28(13-11-27)34(31,32)15-24(3)19-8-9-23(24,2)20(29)14-19/h4-7,19H,8-15H2,1-3H3. The smallest absolute Gasteiger partial charge is 0.253 e. The zero-order valence-corrected chi connectivity index (χ0v) is 20.6. The molecule has 2 heterocycles. The van der Waals surface area contributed by atoms with Crippen LogP contribution in [0.15, 0.2) is 28.8 Å². The first kappa shape index (κ1) is 23.2. The molecule has 1 amide bonds. The van der Waals surface area contributed by atoms with Gasteiger partial charge in [0.2, 0.25) is 21.7 Å². The highest BCUT2D eigenvalue weighted by Crippen LogP contribution is 2.64. The molecule has 0 radical (unpaired) electrons. The number of piperazine rings is 1. The molecule has 1 saturated heterocycles. The van der Waals surface area contributed by atoms with E-state index < -0.39 is 20.9 Å². The van der Waals surface area contributed by atoms with Crippen LogP contribution >= 0.6 is 0 Å². The average molecular weight is 487 g/mol. The van der Waals surface area contributed by atoms with E-state index in [1.54, 1.807) is 36.1 Å². The first-order chi connectivity index (χ1) is 16.0. The SMILES string of the molecule is Cc1nc(-c2ccc(C(=O)N3CCN(S(=O)(=O)CC4(C)C5CCC4(C)C(=O)C5)CC3)cc2)no1. The average Bonchev–Trinajstić information content (AvgIpc) is 3.40. The maximum absolute atomic E-state index is 13.3. The monoisotopic (exact) mass is 486 g/mol. The number of fused-ring (bicyclic) bond motifs is 2. The van der Waals surface area contributed by atoms with Crippen molar-refractivity contribution >= 4 is 21.7 Å². The number of hydrogen-bond acceptors (Lipinski definition) is 7. The van der Waals surface area contributed by atoms with E-state index in [0.29, 0.717) is 36.8 Å². The molecule has 0 spiro atoms. The van der Waals surface area contributed by atoms with Crippen LogP contribution in [0.3, 0.4) is 0 Å². The molecule has 3 unspecified atom stereocenters. The lowest BCUT2D eigenvalue weighted by Gasteiger charge is -2.40. The molecular formula is C24H30N4O5S. The molecule has 1 aromatic heterocycles. The molecule has 3 atom stereocenters. The van der Waals surface area contributed by atoms with Gasteiger partial charge in [-0.2, -0.15) is 9.29 Å². The second-order valence-electron chi connectivity index (χ2n) is 10.3. The highest BCUT2D eigenvalue weighted by Gasteiger charge is 2.65.